The molecule has 2 nitrogen and oxygen atoms in total. The smallest absolute Gasteiger partial charge is 0.309 e. The summed E-state index contributed by atoms with van der Waals surface area (Å²) >= 11 is 0. The second kappa shape index (κ2) is 3.24. The van der Waals surface area contributed by atoms with Gasteiger partial charge in [0.05, 0.1) is 12.0 Å². The molecule has 1 rings (SSSR count). The topological polar surface area (TPSA) is 26.3 Å². The van der Waals surface area contributed by atoms with Crippen molar-refractivity contribution in [2.75, 3.05) is 0 Å². The molecule has 0 radical (unpaired) electrons. The van der Waals surface area contributed by atoms with Crippen LogP contribution in [0.25, 0.3) is 0 Å². The van der Waals surface area contributed by atoms with Crippen molar-refractivity contribution in [3.8, 4) is 0 Å². The maximum absolute atomic E-state index is 11.2. The van der Waals surface area contributed by atoms with E-state index >= 15 is 0 Å². The molecule has 0 N–H and O–H groups in total. The second-order valence-corrected chi connectivity index (χ2v) is 3.48. The third kappa shape index (κ3) is 1.73. The Morgan fingerprint density at radius 1 is 1.73 bits per heavy atom. The fourth-order valence-electron chi connectivity index (χ4n) is 1.54. The molecule has 0 aromatic carbocycles. The van der Waals surface area contributed by atoms with E-state index in [0.29, 0.717) is 5.92 Å². The minimum absolute atomic E-state index is 0.00634. The second-order valence-electron chi connectivity index (χ2n) is 3.48. The van der Waals surface area contributed by atoms with Crippen LogP contribution < -0.4 is 0 Å². The number of carbonyl (C=O) groups is 1. The molecule has 64 valence electrons. The molecule has 0 bridgehead atoms. The van der Waals surface area contributed by atoms with E-state index in [4.69, 9.17) is 4.74 Å². The standard InChI is InChI=1S/C9H16O2/c1-4-6(2)8-5-7(3)11-9(8)10/h6-8H,4-5H2,1-3H3/t6?,7-,8-/m0/s1. The van der Waals surface area contributed by atoms with Gasteiger partial charge >= 0.3 is 5.97 Å². The van der Waals surface area contributed by atoms with Crippen molar-refractivity contribution < 1.29 is 9.53 Å². The average Bonchev–Trinajstić information content (AvgIpc) is 2.28. The molecule has 0 spiro atoms. The minimum Gasteiger partial charge on any atom is -0.462 e. The summed E-state index contributed by atoms with van der Waals surface area (Å²) in [6, 6.07) is 0. The molecule has 0 saturated carbocycles. The zero-order chi connectivity index (χ0) is 8.43. The zero-order valence-corrected chi connectivity index (χ0v) is 7.46. The Hall–Kier alpha value is -0.530. The normalized spacial score (nSPS) is 33.5. The van der Waals surface area contributed by atoms with Gasteiger partial charge in [-0.2, -0.15) is 0 Å². The minimum atomic E-state index is 0.00634. The molecule has 0 aromatic heterocycles. The van der Waals surface area contributed by atoms with Crippen molar-refractivity contribution in [3.05, 3.63) is 0 Å². The van der Waals surface area contributed by atoms with Crippen LogP contribution in [0.15, 0.2) is 0 Å². The molecule has 1 unspecified atom stereocenters. The summed E-state index contributed by atoms with van der Waals surface area (Å²) < 4.78 is 5.06. The number of ether oxygens (including phenoxy) is 1. The molecule has 1 aliphatic rings. The van der Waals surface area contributed by atoms with Crippen molar-refractivity contribution in [3.63, 3.8) is 0 Å². The van der Waals surface area contributed by atoms with Crippen LogP contribution in [0.4, 0.5) is 0 Å². The van der Waals surface area contributed by atoms with Crippen LogP contribution in [0.3, 0.4) is 0 Å². The van der Waals surface area contributed by atoms with Gasteiger partial charge in [0.25, 0.3) is 0 Å². The van der Waals surface area contributed by atoms with Gasteiger partial charge in [0.15, 0.2) is 0 Å². The van der Waals surface area contributed by atoms with E-state index in [1.165, 1.54) is 0 Å². The molecule has 2 heteroatoms. The van der Waals surface area contributed by atoms with Gasteiger partial charge in [-0.15, -0.1) is 0 Å². The van der Waals surface area contributed by atoms with Crippen molar-refractivity contribution in [2.24, 2.45) is 11.8 Å². The number of rotatable bonds is 2. The summed E-state index contributed by atoms with van der Waals surface area (Å²) in [6.45, 7) is 6.19. The first-order valence-electron chi connectivity index (χ1n) is 4.35. The lowest BCUT2D eigenvalue weighted by Gasteiger charge is -2.11. The summed E-state index contributed by atoms with van der Waals surface area (Å²) in [5.74, 6) is 0.647. The third-order valence-electron chi connectivity index (χ3n) is 2.54. The lowest BCUT2D eigenvalue weighted by Crippen LogP contribution is -2.15. The van der Waals surface area contributed by atoms with Crippen LogP contribution in [0.1, 0.15) is 33.6 Å². The summed E-state index contributed by atoms with van der Waals surface area (Å²) in [4.78, 5) is 11.2. The van der Waals surface area contributed by atoms with Gasteiger partial charge in [-0.25, -0.2) is 0 Å². The predicted octanol–water partition coefficient (Wildman–Crippen LogP) is 1.98. The highest BCUT2D eigenvalue weighted by atomic mass is 16.5. The summed E-state index contributed by atoms with van der Waals surface area (Å²) in [5, 5.41) is 0. The molecule has 0 aliphatic carbocycles. The molecule has 1 aliphatic heterocycles. The van der Waals surface area contributed by atoms with Crippen LogP contribution in [0, 0.1) is 11.8 Å². The van der Waals surface area contributed by atoms with Gasteiger partial charge in [-0.05, 0) is 19.3 Å². The van der Waals surface area contributed by atoms with Crippen LogP contribution in [0.5, 0.6) is 0 Å². The first-order valence-corrected chi connectivity index (χ1v) is 4.35. The Bertz CT molecular complexity index is 154. The van der Waals surface area contributed by atoms with Crippen molar-refractivity contribution in [2.45, 2.75) is 39.7 Å². The monoisotopic (exact) mass is 156 g/mol. The Labute approximate surface area is 67.9 Å². The SMILES string of the molecule is CCC(C)[C@@H]1C[C@H](C)OC1=O. The summed E-state index contributed by atoms with van der Waals surface area (Å²) in [5.41, 5.74) is 0. The van der Waals surface area contributed by atoms with Crippen LogP contribution in [-0.4, -0.2) is 12.1 Å². The Kier molecular flexibility index (Phi) is 2.53. The van der Waals surface area contributed by atoms with E-state index < -0.39 is 0 Å². The average molecular weight is 156 g/mol. The fourth-order valence-corrected chi connectivity index (χ4v) is 1.54. The van der Waals surface area contributed by atoms with Crippen LogP contribution in [0.2, 0.25) is 0 Å². The van der Waals surface area contributed by atoms with E-state index in [2.05, 4.69) is 13.8 Å². The quantitative estimate of drug-likeness (QED) is 0.571. The summed E-state index contributed by atoms with van der Waals surface area (Å²) in [6.07, 6.45) is 2.11. The van der Waals surface area contributed by atoms with E-state index in [9.17, 15) is 4.79 Å². The molecular weight excluding hydrogens is 140 g/mol. The maximum Gasteiger partial charge on any atom is 0.309 e. The van der Waals surface area contributed by atoms with E-state index in [-0.39, 0.29) is 18.0 Å². The first kappa shape index (κ1) is 8.57. The number of carbonyl (C=O) groups excluding carboxylic acids is 1. The number of hydrogen-bond acceptors (Lipinski definition) is 2. The fraction of sp³-hybridized carbons (Fsp3) is 0.889. The van der Waals surface area contributed by atoms with Crippen molar-refractivity contribution in [1.82, 2.24) is 0 Å². The van der Waals surface area contributed by atoms with Gasteiger partial charge < -0.3 is 4.74 Å². The first-order chi connectivity index (χ1) is 5.15. The maximum atomic E-state index is 11.2. The third-order valence-corrected chi connectivity index (χ3v) is 2.54. The molecule has 11 heavy (non-hydrogen) atoms. The Morgan fingerprint density at radius 3 is 2.73 bits per heavy atom. The number of cyclic esters (lactones) is 1. The predicted molar refractivity (Wildman–Crippen MR) is 43.1 cm³/mol. The van der Waals surface area contributed by atoms with Crippen LogP contribution >= 0.6 is 0 Å². The Balaban J connectivity index is 2.52. The zero-order valence-electron chi connectivity index (χ0n) is 7.46. The molecule has 3 atom stereocenters. The van der Waals surface area contributed by atoms with Gasteiger partial charge in [-0.1, -0.05) is 20.3 Å². The van der Waals surface area contributed by atoms with Gasteiger partial charge in [0.2, 0.25) is 0 Å². The lowest BCUT2D eigenvalue weighted by molar-refractivity contribution is -0.144. The van der Waals surface area contributed by atoms with Crippen molar-refractivity contribution in [1.29, 1.82) is 0 Å². The van der Waals surface area contributed by atoms with E-state index in [0.717, 1.165) is 12.8 Å². The molecule has 1 saturated heterocycles. The highest BCUT2D eigenvalue weighted by Gasteiger charge is 2.34. The molecule has 1 heterocycles. The van der Waals surface area contributed by atoms with Gasteiger partial charge in [0.1, 0.15) is 0 Å². The molecule has 0 aromatic rings. The van der Waals surface area contributed by atoms with Crippen LogP contribution in [-0.2, 0) is 9.53 Å². The summed E-state index contributed by atoms with van der Waals surface area (Å²) in [7, 11) is 0. The van der Waals surface area contributed by atoms with E-state index in [1.807, 2.05) is 6.92 Å². The largest absolute Gasteiger partial charge is 0.462 e. The van der Waals surface area contributed by atoms with Gasteiger partial charge in [0, 0.05) is 0 Å². The van der Waals surface area contributed by atoms with Gasteiger partial charge in [-0.3, -0.25) is 4.79 Å². The lowest BCUT2D eigenvalue weighted by atomic mass is 9.89. The number of hydrogen-bond donors (Lipinski definition) is 0. The molecule has 1 fully saturated rings. The van der Waals surface area contributed by atoms with E-state index in [1.54, 1.807) is 0 Å². The highest BCUT2D eigenvalue weighted by molar-refractivity contribution is 5.74. The Morgan fingerprint density at radius 2 is 2.36 bits per heavy atom. The molecular formula is C9H16O2. The number of esters is 1. The van der Waals surface area contributed by atoms with Crippen molar-refractivity contribution >= 4 is 5.97 Å². The highest BCUT2D eigenvalue weighted by Crippen LogP contribution is 2.28. The molecule has 0 amide bonds.